The number of aromatic nitrogens is 1. The van der Waals surface area contributed by atoms with Crippen molar-refractivity contribution in [1.29, 1.82) is 0 Å². The first-order chi connectivity index (χ1) is 10.5. The zero-order chi connectivity index (χ0) is 15.4. The number of rotatable bonds is 1. The molecule has 1 aromatic heterocycles. The fourth-order valence-electron chi connectivity index (χ4n) is 3.40. The summed E-state index contributed by atoms with van der Waals surface area (Å²) in [5.41, 5.74) is 8.81. The minimum atomic E-state index is 0.909. The number of nitrogens with zero attached hydrogens (tertiary/aromatic N) is 2. The second-order valence-electron chi connectivity index (χ2n) is 6.28. The van der Waals surface area contributed by atoms with Crippen molar-refractivity contribution in [1.82, 2.24) is 4.57 Å². The summed E-state index contributed by atoms with van der Waals surface area (Å²) in [6, 6.07) is 15.6. The predicted molar refractivity (Wildman–Crippen MR) is 94.1 cm³/mol. The van der Waals surface area contributed by atoms with Crippen molar-refractivity contribution >= 4 is 22.3 Å². The molecule has 4 rings (SSSR count). The van der Waals surface area contributed by atoms with Gasteiger partial charge in [0.05, 0.1) is 0 Å². The van der Waals surface area contributed by atoms with Gasteiger partial charge in [0.25, 0.3) is 0 Å². The molecule has 0 amide bonds. The van der Waals surface area contributed by atoms with Crippen molar-refractivity contribution < 1.29 is 0 Å². The molecule has 110 valence electrons. The molecule has 1 aliphatic heterocycles. The topological polar surface area (TPSA) is 8.17 Å². The van der Waals surface area contributed by atoms with Crippen LogP contribution >= 0.6 is 0 Å². The summed E-state index contributed by atoms with van der Waals surface area (Å²) >= 11 is 0. The Bertz CT molecular complexity index is 915. The van der Waals surface area contributed by atoms with E-state index in [4.69, 9.17) is 0 Å². The third kappa shape index (κ3) is 1.80. The Morgan fingerprint density at radius 3 is 2.64 bits per heavy atom. The Kier molecular flexibility index (Phi) is 2.70. The highest BCUT2D eigenvalue weighted by Gasteiger charge is 2.23. The molecule has 2 heteroatoms. The molecule has 0 bridgehead atoms. The van der Waals surface area contributed by atoms with Crippen LogP contribution in [0.5, 0.6) is 0 Å². The zero-order valence-corrected chi connectivity index (χ0v) is 13.4. The summed E-state index contributed by atoms with van der Waals surface area (Å²) < 4.78 is 2.23. The van der Waals surface area contributed by atoms with Crippen molar-refractivity contribution in [2.24, 2.45) is 7.05 Å². The van der Waals surface area contributed by atoms with E-state index in [9.17, 15) is 0 Å². The van der Waals surface area contributed by atoms with Gasteiger partial charge in [-0.2, -0.15) is 0 Å². The van der Waals surface area contributed by atoms with Gasteiger partial charge in [0.1, 0.15) is 0 Å². The van der Waals surface area contributed by atoms with Gasteiger partial charge in [0, 0.05) is 47.1 Å². The van der Waals surface area contributed by atoms with Crippen molar-refractivity contribution in [2.75, 3.05) is 4.90 Å². The number of hydrogen-bond acceptors (Lipinski definition) is 1. The van der Waals surface area contributed by atoms with Crippen LogP contribution in [0.1, 0.15) is 22.4 Å². The van der Waals surface area contributed by atoms with Crippen LogP contribution in [0.3, 0.4) is 0 Å². The van der Waals surface area contributed by atoms with E-state index >= 15 is 0 Å². The van der Waals surface area contributed by atoms with E-state index in [1.165, 1.54) is 39.0 Å². The van der Waals surface area contributed by atoms with E-state index in [0.29, 0.717) is 0 Å². The van der Waals surface area contributed by atoms with Crippen LogP contribution in [-0.4, -0.2) is 4.57 Å². The molecule has 0 N–H and O–H groups in total. The average Bonchev–Trinajstić information content (AvgIpc) is 2.97. The summed E-state index contributed by atoms with van der Waals surface area (Å²) in [6.07, 6.45) is 0. The van der Waals surface area contributed by atoms with E-state index in [-0.39, 0.29) is 0 Å². The zero-order valence-electron chi connectivity index (χ0n) is 13.4. The quantitative estimate of drug-likeness (QED) is 0.625. The van der Waals surface area contributed by atoms with Crippen molar-refractivity contribution in [3.8, 4) is 0 Å². The Balaban J connectivity index is 1.79. The van der Waals surface area contributed by atoms with Gasteiger partial charge in [-0.25, -0.2) is 0 Å². The lowest BCUT2D eigenvalue weighted by atomic mass is 10.1. The maximum Gasteiger partial charge on any atom is 0.0488 e. The SMILES string of the molecule is C=C1c2cc(C)ccc2CN1c1ccc2c(c1)cc(C)n2C. The minimum Gasteiger partial charge on any atom is -0.348 e. The molecule has 0 saturated heterocycles. The van der Waals surface area contributed by atoms with E-state index in [1.54, 1.807) is 0 Å². The maximum absolute atomic E-state index is 4.32. The molecule has 22 heavy (non-hydrogen) atoms. The molecule has 0 radical (unpaired) electrons. The summed E-state index contributed by atoms with van der Waals surface area (Å²) in [5.74, 6) is 0. The largest absolute Gasteiger partial charge is 0.348 e. The third-order valence-corrected chi connectivity index (χ3v) is 4.81. The van der Waals surface area contributed by atoms with Gasteiger partial charge in [0.2, 0.25) is 0 Å². The third-order valence-electron chi connectivity index (χ3n) is 4.81. The Morgan fingerprint density at radius 2 is 1.82 bits per heavy atom. The molecular formula is C20H20N2. The van der Waals surface area contributed by atoms with Crippen LogP contribution in [0, 0.1) is 13.8 Å². The number of benzene rings is 2. The molecule has 0 saturated carbocycles. The van der Waals surface area contributed by atoms with Gasteiger partial charge in [-0.05, 0) is 49.7 Å². The van der Waals surface area contributed by atoms with E-state index in [1.807, 2.05) is 0 Å². The monoisotopic (exact) mass is 288 g/mol. The van der Waals surface area contributed by atoms with E-state index in [0.717, 1.165) is 12.2 Å². The summed E-state index contributed by atoms with van der Waals surface area (Å²) in [7, 11) is 2.12. The summed E-state index contributed by atoms with van der Waals surface area (Å²) in [5, 5.41) is 1.29. The van der Waals surface area contributed by atoms with E-state index < -0.39 is 0 Å². The minimum absolute atomic E-state index is 0.909. The molecule has 3 aromatic rings. The Morgan fingerprint density at radius 1 is 1.00 bits per heavy atom. The van der Waals surface area contributed by atoms with Crippen LogP contribution in [0.25, 0.3) is 16.6 Å². The molecule has 2 aromatic carbocycles. The molecule has 0 spiro atoms. The van der Waals surface area contributed by atoms with Gasteiger partial charge in [-0.15, -0.1) is 0 Å². The fourth-order valence-corrected chi connectivity index (χ4v) is 3.40. The smallest absolute Gasteiger partial charge is 0.0488 e. The first-order valence-electron chi connectivity index (χ1n) is 7.67. The average molecular weight is 288 g/mol. The standard InChI is InChI=1S/C20H20N2/c1-13-5-6-16-12-22(15(3)19(16)9-13)18-7-8-20-17(11-18)10-14(2)21(20)4/h5-11H,3,12H2,1-2,4H3. The number of fused-ring (bicyclic) bond motifs is 2. The summed E-state index contributed by atoms with van der Waals surface area (Å²) in [6.45, 7) is 9.51. The summed E-state index contributed by atoms with van der Waals surface area (Å²) in [4.78, 5) is 2.31. The van der Waals surface area contributed by atoms with Gasteiger partial charge in [-0.1, -0.05) is 24.3 Å². The van der Waals surface area contributed by atoms with Gasteiger partial charge >= 0.3 is 0 Å². The lowest BCUT2D eigenvalue weighted by Gasteiger charge is -2.19. The lowest BCUT2D eigenvalue weighted by Crippen LogP contribution is -2.12. The van der Waals surface area contributed by atoms with Gasteiger partial charge in [-0.3, -0.25) is 0 Å². The highest BCUT2D eigenvalue weighted by Crippen LogP contribution is 2.37. The number of aryl methyl sites for hydroxylation is 3. The molecule has 0 aliphatic carbocycles. The molecule has 2 nitrogen and oxygen atoms in total. The second kappa shape index (κ2) is 4.51. The fraction of sp³-hybridized carbons (Fsp3) is 0.200. The normalized spacial score (nSPS) is 14.0. The first kappa shape index (κ1) is 13.2. The van der Waals surface area contributed by atoms with Crippen LogP contribution in [0.4, 0.5) is 5.69 Å². The molecular weight excluding hydrogens is 268 g/mol. The van der Waals surface area contributed by atoms with Crippen molar-refractivity contribution in [3.63, 3.8) is 0 Å². The highest BCUT2D eigenvalue weighted by atomic mass is 15.2. The molecule has 0 unspecified atom stereocenters. The second-order valence-corrected chi connectivity index (χ2v) is 6.28. The molecule has 0 atom stereocenters. The lowest BCUT2D eigenvalue weighted by molar-refractivity contribution is 0.918. The molecule has 0 fully saturated rings. The maximum atomic E-state index is 4.32. The van der Waals surface area contributed by atoms with Crippen molar-refractivity contribution in [3.05, 3.63) is 71.4 Å². The van der Waals surface area contributed by atoms with Crippen LogP contribution in [0.15, 0.2) is 49.0 Å². The van der Waals surface area contributed by atoms with Gasteiger partial charge < -0.3 is 9.47 Å². The van der Waals surface area contributed by atoms with Gasteiger partial charge in [0.15, 0.2) is 0 Å². The highest BCUT2D eigenvalue weighted by molar-refractivity contribution is 5.90. The Hall–Kier alpha value is -2.48. The van der Waals surface area contributed by atoms with Crippen molar-refractivity contribution in [2.45, 2.75) is 20.4 Å². The van der Waals surface area contributed by atoms with E-state index in [2.05, 4.69) is 79.4 Å². The van der Waals surface area contributed by atoms with Crippen LogP contribution in [-0.2, 0) is 13.6 Å². The van der Waals surface area contributed by atoms with Crippen LogP contribution in [0.2, 0.25) is 0 Å². The Labute approximate surface area is 131 Å². The molecule has 2 heterocycles. The molecule has 1 aliphatic rings. The predicted octanol–water partition coefficient (Wildman–Crippen LogP) is 4.79. The number of hydrogen-bond donors (Lipinski definition) is 0. The van der Waals surface area contributed by atoms with Crippen LogP contribution < -0.4 is 4.90 Å². The number of anilines is 1. The first-order valence-corrected chi connectivity index (χ1v) is 7.67.